The van der Waals surface area contributed by atoms with Gasteiger partial charge in [0.15, 0.2) is 5.16 Å². The van der Waals surface area contributed by atoms with Gasteiger partial charge in [0.1, 0.15) is 0 Å². The van der Waals surface area contributed by atoms with E-state index in [1.807, 2.05) is 13.0 Å². The summed E-state index contributed by atoms with van der Waals surface area (Å²) >= 11 is 6.43. The molecule has 0 aliphatic carbocycles. The van der Waals surface area contributed by atoms with Crippen molar-refractivity contribution in [1.82, 2.24) is 9.55 Å². The second-order valence-electron chi connectivity index (χ2n) is 3.97. The largest absolute Gasteiger partial charge is 0.481 e. The standard InChI is InChI=1S/C12H13BrN2O2S2/c1-8-6-14-12(18-7-11(16)17)15(8)5-4-9-2-3-10(13)19-9/h2-3,6H,4-5,7H2,1H3,(H,16,17). The SMILES string of the molecule is Cc1cnc(SCC(=O)O)n1CCc1ccc(Br)s1. The number of carboxylic acids is 1. The van der Waals surface area contributed by atoms with E-state index < -0.39 is 5.97 Å². The zero-order valence-corrected chi connectivity index (χ0v) is 13.5. The number of thiophene rings is 1. The van der Waals surface area contributed by atoms with Gasteiger partial charge in [0, 0.05) is 23.3 Å². The number of carbonyl (C=O) groups is 1. The predicted molar refractivity (Wildman–Crippen MR) is 81.0 cm³/mol. The molecular formula is C12H13BrN2O2S2. The van der Waals surface area contributed by atoms with Crippen LogP contribution in [0.4, 0.5) is 0 Å². The maximum Gasteiger partial charge on any atom is 0.313 e. The average molecular weight is 361 g/mol. The van der Waals surface area contributed by atoms with Gasteiger partial charge in [-0.15, -0.1) is 11.3 Å². The molecule has 2 aromatic rings. The minimum Gasteiger partial charge on any atom is -0.481 e. The Labute approximate surface area is 128 Å². The van der Waals surface area contributed by atoms with Crippen LogP contribution in [0.5, 0.6) is 0 Å². The fraction of sp³-hybridized carbons (Fsp3) is 0.333. The minimum atomic E-state index is -0.820. The van der Waals surface area contributed by atoms with Gasteiger partial charge in [0.2, 0.25) is 0 Å². The molecule has 0 saturated heterocycles. The Kier molecular flexibility index (Phi) is 5.06. The maximum atomic E-state index is 10.6. The van der Waals surface area contributed by atoms with E-state index in [1.165, 1.54) is 16.6 Å². The molecule has 19 heavy (non-hydrogen) atoms. The molecule has 2 heterocycles. The highest BCUT2D eigenvalue weighted by atomic mass is 79.9. The lowest BCUT2D eigenvalue weighted by Crippen LogP contribution is -2.06. The number of carboxylic acid groups (broad SMARTS) is 1. The van der Waals surface area contributed by atoms with Gasteiger partial charge < -0.3 is 9.67 Å². The fourth-order valence-electron chi connectivity index (χ4n) is 1.66. The molecule has 0 spiro atoms. The summed E-state index contributed by atoms with van der Waals surface area (Å²) in [5, 5.41) is 9.50. The molecule has 0 atom stereocenters. The summed E-state index contributed by atoms with van der Waals surface area (Å²) in [5.74, 6) is -0.777. The molecule has 4 nitrogen and oxygen atoms in total. The van der Waals surface area contributed by atoms with Crippen LogP contribution in [0.2, 0.25) is 0 Å². The molecule has 102 valence electrons. The molecule has 0 amide bonds. The van der Waals surface area contributed by atoms with Crippen LogP contribution in [-0.2, 0) is 17.8 Å². The van der Waals surface area contributed by atoms with Gasteiger partial charge in [-0.25, -0.2) is 4.98 Å². The monoisotopic (exact) mass is 360 g/mol. The van der Waals surface area contributed by atoms with Gasteiger partial charge in [-0.2, -0.15) is 0 Å². The quantitative estimate of drug-likeness (QED) is 0.801. The number of aryl methyl sites for hydroxylation is 2. The normalized spacial score (nSPS) is 10.8. The predicted octanol–water partition coefficient (Wildman–Crippen LogP) is 3.43. The molecule has 2 aromatic heterocycles. The van der Waals surface area contributed by atoms with E-state index in [1.54, 1.807) is 17.5 Å². The van der Waals surface area contributed by atoms with Crippen LogP contribution in [0.25, 0.3) is 0 Å². The van der Waals surface area contributed by atoms with E-state index in [9.17, 15) is 4.79 Å². The lowest BCUT2D eigenvalue weighted by atomic mass is 10.3. The van der Waals surface area contributed by atoms with Crippen molar-refractivity contribution in [3.8, 4) is 0 Å². The van der Waals surface area contributed by atoms with Crippen LogP contribution >= 0.6 is 39.0 Å². The molecule has 0 aliphatic heterocycles. The smallest absolute Gasteiger partial charge is 0.313 e. The van der Waals surface area contributed by atoms with Crippen molar-refractivity contribution in [3.05, 3.63) is 32.7 Å². The zero-order valence-electron chi connectivity index (χ0n) is 10.3. The Morgan fingerprint density at radius 1 is 1.58 bits per heavy atom. The first-order valence-corrected chi connectivity index (χ1v) is 8.26. The van der Waals surface area contributed by atoms with E-state index in [0.717, 1.165) is 27.6 Å². The van der Waals surface area contributed by atoms with E-state index >= 15 is 0 Å². The first-order chi connectivity index (χ1) is 9.06. The molecule has 0 aliphatic rings. The molecule has 0 aromatic carbocycles. The van der Waals surface area contributed by atoms with Crippen molar-refractivity contribution >= 4 is 45.0 Å². The van der Waals surface area contributed by atoms with Crippen molar-refractivity contribution in [3.63, 3.8) is 0 Å². The van der Waals surface area contributed by atoms with Crippen LogP contribution in [-0.4, -0.2) is 26.4 Å². The van der Waals surface area contributed by atoms with Crippen LogP contribution in [0, 0.1) is 6.92 Å². The number of halogens is 1. The van der Waals surface area contributed by atoms with Crippen molar-refractivity contribution in [2.75, 3.05) is 5.75 Å². The summed E-state index contributed by atoms with van der Waals surface area (Å²) in [6.07, 6.45) is 2.71. The zero-order chi connectivity index (χ0) is 13.8. The number of nitrogens with zero attached hydrogens (tertiary/aromatic N) is 2. The average Bonchev–Trinajstić information content (AvgIpc) is 2.91. The summed E-state index contributed by atoms with van der Waals surface area (Å²) in [6.45, 7) is 2.81. The topological polar surface area (TPSA) is 55.1 Å². The number of hydrogen-bond acceptors (Lipinski definition) is 4. The Bertz CT molecular complexity index is 580. The molecule has 7 heteroatoms. The molecule has 0 bridgehead atoms. The number of thioether (sulfide) groups is 1. The van der Waals surface area contributed by atoms with Gasteiger partial charge in [-0.1, -0.05) is 11.8 Å². The Balaban J connectivity index is 2.02. The van der Waals surface area contributed by atoms with E-state index in [0.29, 0.717) is 0 Å². The van der Waals surface area contributed by atoms with Crippen molar-refractivity contribution in [1.29, 1.82) is 0 Å². The third kappa shape index (κ3) is 4.09. The molecule has 0 saturated carbocycles. The van der Waals surface area contributed by atoms with Gasteiger partial charge in [0.25, 0.3) is 0 Å². The van der Waals surface area contributed by atoms with Gasteiger partial charge in [-0.05, 0) is 41.4 Å². The summed E-state index contributed by atoms with van der Waals surface area (Å²) in [4.78, 5) is 16.2. The van der Waals surface area contributed by atoms with Gasteiger partial charge in [-0.3, -0.25) is 4.79 Å². The van der Waals surface area contributed by atoms with Gasteiger partial charge in [0.05, 0.1) is 9.54 Å². The first kappa shape index (κ1) is 14.6. The summed E-state index contributed by atoms with van der Waals surface area (Å²) < 4.78 is 3.20. The second kappa shape index (κ2) is 6.58. The highest BCUT2D eigenvalue weighted by Gasteiger charge is 2.10. The number of aliphatic carboxylic acids is 1. The minimum absolute atomic E-state index is 0.0427. The third-order valence-electron chi connectivity index (χ3n) is 2.55. The number of rotatable bonds is 6. The number of aromatic nitrogens is 2. The fourth-order valence-corrected chi connectivity index (χ4v) is 3.90. The van der Waals surface area contributed by atoms with Gasteiger partial charge >= 0.3 is 5.97 Å². The second-order valence-corrected chi connectivity index (χ2v) is 7.46. The highest BCUT2D eigenvalue weighted by Crippen LogP contribution is 2.24. The molecule has 1 N–H and O–H groups in total. The third-order valence-corrected chi connectivity index (χ3v) is 5.21. The Morgan fingerprint density at radius 3 is 3.00 bits per heavy atom. The van der Waals surface area contributed by atoms with Crippen molar-refractivity contribution < 1.29 is 9.90 Å². The van der Waals surface area contributed by atoms with Crippen molar-refractivity contribution in [2.24, 2.45) is 0 Å². The Hall–Kier alpha value is -0.790. The van der Waals surface area contributed by atoms with Crippen LogP contribution in [0.3, 0.4) is 0 Å². The van der Waals surface area contributed by atoms with Crippen LogP contribution in [0.1, 0.15) is 10.6 Å². The Morgan fingerprint density at radius 2 is 2.37 bits per heavy atom. The summed E-state index contributed by atoms with van der Waals surface area (Å²) in [7, 11) is 0. The van der Waals surface area contributed by atoms with E-state index in [2.05, 4.69) is 31.5 Å². The number of imidazole rings is 1. The summed E-state index contributed by atoms with van der Waals surface area (Å²) in [5.41, 5.74) is 1.06. The molecule has 0 radical (unpaired) electrons. The highest BCUT2D eigenvalue weighted by molar-refractivity contribution is 9.11. The lowest BCUT2D eigenvalue weighted by Gasteiger charge is -2.08. The summed E-state index contributed by atoms with van der Waals surface area (Å²) in [6, 6.07) is 4.14. The molecule has 2 rings (SSSR count). The van der Waals surface area contributed by atoms with Crippen molar-refractivity contribution in [2.45, 2.75) is 25.0 Å². The van der Waals surface area contributed by atoms with Crippen LogP contribution in [0.15, 0.2) is 27.3 Å². The molecule has 0 fully saturated rings. The maximum absolute atomic E-state index is 10.6. The van der Waals surface area contributed by atoms with Crippen LogP contribution < -0.4 is 0 Å². The van der Waals surface area contributed by atoms with E-state index in [4.69, 9.17) is 5.11 Å². The first-order valence-electron chi connectivity index (χ1n) is 5.67. The number of hydrogen-bond donors (Lipinski definition) is 1. The lowest BCUT2D eigenvalue weighted by molar-refractivity contribution is -0.133. The molecular weight excluding hydrogens is 348 g/mol. The molecule has 0 unspecified atom stereocenters. The van der Waals surface area contributed by atoms with E-state index in [-0.39, 0.29) is 5.75 Å².